The van der Waals surface area contributed by atoms with Gasteiger partial charge in [-0.05, 0) is 29.9 Å². The first-order chi connectivity index (χ1) is 8.98. The minimum atomic E-state index is -0.369. The molecule has 0 aliphatic heterocycles. The first kappa shape index (κ1) is 16.7. The standard InChI is InChI=1S/C17H26O3/c1-11(19)12-8-13(16(2,3)4)15(20-10-18)14(9-12)17(5,6)7/h8-9,18H,10H2,1-7H3. The summed E-state index contributed by atoms with van der Waals surface area (Å²) >= 11 is 0. The number of Topliss-reactive ketones (excluding diaryl/α,β-unsaturated/α-hetero) is 1. The predicted octanol–water partition coefficient (Wildman–Crippen LogP) is 3.81. The Hall–Kier alpha value is -1.35. The molecule has 0 heterocycles. The number of ketones is 1. The van der Waals surface area contributed by atoms with E-state index in [4.69, 9.17) is 4.74 Å². The van der Waals surface area contributed by atoms with Gasteiger partial charge in [-0.1, -0.05) is 41.5 Å². The van der Waals surface area contributed by atoms with Crippen LogP contribution in [0.25, 0.3) is 0 Å². The second-order valence-electron chi connectivity index (χ2n) is 7.23. The molecule has 3 heteroatoms. The number of benzene rings is 1. The van der Waals surface area contributed by atoms with Gasteiger partial charge in [0.2, 0.25) is 0 Å². The van der Waals surface area contributed by atoms with E-state index in [9.17, 15) is 9.90 Å². The lowest BCUT2D eigenvalue weighted by Crippen LogP contribution is -2.21. The Kier molecular flexibility index (Phi) is 4.65. The van der Waals surface area contributed by atoms with Crippen molar-refractivity contribution in [3.63, 3.8) is 0 Å². The van der Waals surface area contributed by atoms with Gasteiger partial charge in [-0.15, -0.1) is 0 Å². The number of ether oxygens (including phenoxy) is 1. The van der Waals surface area contributed by atoms with E-state index in [0.717, 1.165) is 11.1 Å². The lowest BCUT2D eigenvalue weighted by atomic mass is 9.78. The lowest BCUT2D eigenvalue weighted by Gasteiger charge is -2.30. The van der Waals surface area contributed by atoms with E-state index in [2.05, 4.69) is 41.5 Å². The Morgan fingerprint density at radius 1 is 1.05 bits per heavy atom. The third-order valence-electron chi connectivity index (χ3n) is 3.32. The third kappa shape index (κ3) is 3.60. The maximum atomic E-state index is 11.8. The molecule has 20 heavy (non-hydrogen) atoms. The van der Waals surface area contributed by atoms with E-state index < -0.39 is 0 Å². The van der Waals surface area contributed by atoms with E-state index in [1.165, 1.54) is 0 Å². The van der Waals surface area contributed by atoms with Crippen LogP contribution < -0.4 is 4.74 Å². The molecular weight excluding hydrogens is 252 g/mol. The molecule has 0 unspecified atom stereocenters. The number of carbonyl (C=O) groups excluding carboxylic acids is 1. The van der Waals surface area contributed by atoms with Gasteiger partial charge >= 0.3 is 0 Å². The second kappa shape index (κ2) is 5.57. The van der Waals surface area contributed by atoms with Crippen molar-refractivity contribution in [2.45, 2.75) is 59.3 Å². The van der Waals surface area contributed by atoms with Gasteiger partial charge in [0, 0.05) is 16.7 Å². The fourth-order valence-electron chi connectivity index (χ4n) is 2.17. The average Bonchev–Trinajstić information content (AvgIpc) is 2.26. The summed E-state index contributed by atoms with van der Waals surface area (Å²) in [5.41, 5.74) is 2.24. The number of aliphatic hydroxyl groups is 1. The summed E-state index contributed by atoms with van der Waals surface area (Å²) in [7, 11) is 0. The summed E-state index contributed by atoms with van der Waals surface area (Å²) in [5.74, 6) is 0.731. The van der Waals surface area contributed by atoms with Crippen molar-refractivity contribution in [3.05, 3.63) is 28.8 Å². The van der Waals surface area contributed by atoms with Gasteiger partial charge in [-0.2, -0.15) is 0 Å². The average molecular weight is 278 g/mol. The van der Waals surface area contributed by atoms with E-state index in [-0.39, 0.29) is 23.4 Å². The molecule has 0 radical (unpaired) electrons. The summed E-state index contributed by atoms with van der Waals surface area (Å²) < 4.78 is 5.50. The molecule has 0 saturated carbocycles. The van der Waals surface area contributed by atoms with Gasteiger partial charge in [0.15, 0.2) is 12.6 Å². The molecule has 0 aromatic heterocycles. The van der Waals surface area contributed by atoms with Gasteiger partial charge in [-0.25, -0.2) is 0 Å². The molecule has 0 bridgehead atoms. The molecule has 0 fully saturated rings. The fraction of sp³-hybridized carbons (Fsp3) is 0.588. The monoisotopic (exact) mass is 278 g/mol. The Morgan fingerprint density at radius 2 is 1.45 bits per heavy atom. The van der Waals surface area contributed by atoms with Gasteiger partial charge in [0.05, 0.1) is 0 Å². The van der Waals surface area contributed by atoms with Gasteiger partial charge < -0.3 is 9.84 Å². The number of hydrogen-bond donors (Lipinski definition) is 1. The summed E-state index contributed by atoms with van der Waals surface area (Å²) in [5, 5.41) is 9.19. The Labute approximate surface area is 122 Å². The van der Waals surface area contributed by atoms with E-state index in [1.54, 1.807) is 6.92 Å². The van der Waals surface area contributed by atoms with Gasteiger partial charge in [-0.3, -0.25) is 4.79 Å². The predicted molar refractivity (Wildman–Crippen MR) is 81.6 cm³/mol. The molecule has 0 aliphatic rings. The minimum Gasteiger partial charge on any atom is -0.467 e. The van der Waals surface area contributed by atoms with Crippen molar-refractivity contribution in [2.75, 3.05) is 6.79 Å². The van der Waals surface area contributed by atoms with Crippen molar-refractivity contribution in [2.24, 2.45) is 0 Å². The van der Waals surface area contributed by atoms with Crippen LogP contribution in [0, 0.1) is 0 Å². The smallest absolute Gasteiger partial charge is 0.186 e. The van der Waals surface area contributed by atoms with Gasteiger partial charge in [0.25, 0.3) is 0 Å². The van der Waals surface area contributed by atoms with Crippen molar-refractivity contribution < 1.29 is 14.6 Å². The molecule has 0 atom stereocenters. The highest BCUT2D eigenvalue weighted by Gasteiger charge is 2.28. The molecule has 0 spiro atoms. The number of hydrogen-bond acceptors (Lipinski definition) is 3. The lowest BCUT2D eigenvalue weighted by molar-refractivity contribution is 0.0945. The van der Waals surface area contributed by atoms with E-state index in [0.29, 0.717) is 11.3 Å². The highest BCUT2D eigenvalue weighted by molar-refractivity contribution is 5.95. The normalized spacial score (nSPS) is 12.4. The zero-order valence-corrected chi connectivity index (χ0v) is 13.6. The zero-order chi connectivity index (χ0) is 15.7. The topological polar surface area (TPSA) is 46.5 Å². The van der Waals surface area contributed by atoms with Crippen molar-refractivity contribution in [1.82, 2.24) is 0 Å². The summed E-state index contributed by atoms with van der Waals surface area (Å²) in [6.45, 7) is 13.6. The minimum absolute atomic E-state index is 0.0385. The van der Waals surface area contributed by atoms with Crippen molar-refractivity contribution in [3.8, 4) is 5.75 Å². The molecule has 112 valence electrons. The van der Waals surface area contributed by atoms with Crippen LogP contribution in [0.4, 0.5) is 0 Å². The molecule has 1 aromatic carbocycles. The number of carbonyl (C=O) groups is 1. The quantitative estimate of drug-likeness (QED) is 0.675. The fourth-order valence-corrected chi connectivity index (χ4v) is 2.17. The molecule has 0 aliphatic carbocycles. The van der Waals surface area contributed by atoms with Crippen LogP contribution >= 0.6 is 0 Å². The van der Waals surface area contributed by atoms with Crippen molar-refractivity contribution >= 4 is 5.78 Å². The third-order valence-corrected chi connectivity index (χ3v) is 3.32. The Morgan fingerprint density at radius 3 is 1.70 bits per heavy atom. The highest BCUT2D eigenvalue weighted by atomic mass is 16.6. The van der Waals surface area contributed by atoms with Crippen LogP contribution in [0.2, 0.25) is 0 Å². The maximum Gasteiger partial charge on any atom is 0.186 e. The van der Waals surface area contributed by atoms with Crippen LogP contribution in [0.15, 0.2) is 12.1 Å². The SMILES string of the molecule is CC(=O)c1cc(C(C)(C)C)c(OCO)c(C(C)(C)C)c1. The molecule has 3 nitrogen and oxygen atoms in total. The summed E-state index contributed by atoms with van der Waals surface area (Å²) in [6.07, 6.45) is 0. The first-order valence-corrected chi connectivity index (χ1v) is 6.92. The largest absolute Gasteiger partial charge is 0.467 e. The molecule has 1 aromatic rings. The molecule has 0 saturated heterocycles. The zero-order valence-electron chi connectivity index (χ0n) is 13.6. The number of aliphatic hydroxyl groups excluding tert-OH is 1. The molecule has 0 amide bonds. The summed E-state index contributed by atoms with van der Waals surface area (Å²) in [4.78, 5) is 11.8. The molecule has 1 N–H and O–H groups in total. The maximum absolute atomic E-state index is 11.8. The van der Waals surface area contributed by atoms with Crippen LogP contribution in [-0.4, -0.2) is 17.7 Å². The van der Waals surface area contributed by atoms with E-state index in [1.807, 2.05) is 12.1 Å². The van der Waals surface area contributed by atoms with Crippen molar-refractivity contribution in [1.29, 1.82) is 0 Å². The van der Waals surface area contributed by atoms with Crippen LogP contribution in [0.3, 0.4) is 0 Å². The molecule has 1 rings (SSSR count). The number of rotatable bonds is 3. The second-order valence-corrected chi connectivity index (χ2v) is 7.23. The first-order valence-electron chi connectivity index (χ1n) is 6.92. The highest BCUT2D eigenvalue weighted by Crippen LogP contribution is 2.40. The Bertz CT molecular complexity index is 467. The molecular formula is C17H26O3. The van der Waals surface area contributed by atoms with Crippen LogP contribution in [0.5, 0.6) is 5.75 Å². The van der Waals surface area contributed by atoms with Crippen LogP contribution in [-0.2, 0) is 10.8 Å². The van der Waals surface area contributed by atoms with E-state index >= 15 is 0 Å². The summed E-state index contributed by atoms with van der Waals surface area (Å²) in [6, 6.07) is 3.76. The Balaban J connectivity index is 3.71. The van der Waals surface area contributed by atoms with Gasteiger partial charge in [0.1, 0.15) is 5.75 Å². The van der Waals surface area contributed by atoms with Crippen LogP contribution in [0.1, 0.15) is 70.0 Å².